The molecule has 0 bridgehead atoms. The van der Waals surface area contributed by atoms with Crippen LogP contribution in [-0.4, -0.2) is 9.61 Å². The number of allylic oxidation sites excluding steroid dienone is 1. The molecule has 0 saturated carbocycles. The molecule has 0 amide bonds. The van der Waals surface area contributed by atoms with Gasteiger partial charge in [0, 0.05) is 11.3 Å². The minimum atomic E-state index is 0.968. The van der Waals surface area contributed by atoms with Crippen LogP contribution in [0, 0.1) is 13.8 Å². The number of aryl methyl sites for hydroxylation is 3. The number of nitrogens with zero attached hydrogens (tertiary/aromatic N) is 2. The number of anilines is 1. The first kappa shape index (κ1) is 12.7. The van der Waals surface area contributed by atoms with Gasteiger partial charge in [-0.15, -0.1) is 5.10 Å². The van der Waals surface area contributed by atoms with E-state index in [4.69, 9.17) is 0 Å². The zero-order valence-corrected chi connectivity index (χ0v) is 11.6. The number of pyridine rings is 1. The Bertz CT molecular complexity index is 579. The molecule has 0 spiro atoms. The Hall–Kier alpha value is -1.77. The monoisotopic (exact) mass is 243 g/mol. The molecule has 0 aliphatic carbocycles. The normalized spacial score (nSPS) is 11.6. The van der Waals surface area contributed by atoms with Crippen molar-refractivity contribution in [3.8, 4) is 0 Å². The van der Waals surface area contributed by atoms with E-state index in [9.17, 15) is 0 Å². The van der Waals surface area contributed by atoms with E-state index in [-0.39, 0.29) is 0 Å². The van der Waals surface area contributed by atoms with Gasteiger partial charge in [-0.25, -0.2) is 4.52 Å². The van der Waals surface area contributed by atoms with Gasteiger partial charge < -0.3 is 5.32 Å². The van der Waals surface area contributed by atoms with Gasteiger partial charge in [-0.3, -0.25) is 0 Å². The van der Waals surface area contributed by atoms with Crippen LogP contribution in [0.1, 0.15) is 37.1 Å². The predicted octanol–water partition coefficient (Wildman–Crippen LogP) is 3.85. The average Bonchev–Trinajstić information content (AvgIpc) is 2.73. The lowest BCUT2D eigenvalue weighted by atomic mass is 10.1. The van der Waals surface area contributed by atoms with Crippen LogP contribution < -0.4 is 5.32 Å². The third-order valence-corrected chi connectivity index (χ3v) is 3.33. The van der Waals surface area contributed by atoms with Gasteiger partial charge in [0.05, 0.1) is 5.52 Å². The second-order valence-electron chi connectivity index (χ2n) is 4.53. The van der Waals surface area contributed by atoms with E-state index in [1.165, 1.54) is 22.3 Å². The summed E-state index contributed by atoms with van der Waals surface area (Å²) in [7, 11) is 0. The molecular weight excluding hydrogens is 222 g/mol. The lowest BCUT2D eigenvalue weighted by molar-refractivity contribution is 0.906. The first-order valence-electron chi connectivity index (χ1n) is 6.58. The topological polar surface area (TPSA) is 29.3 Å². The Labute approximate surface area is 109 Å². The fourth-order valence-corrected chi connectivity index (χ4v) is 2.10. The van der Waals surface area contributed by atoms with E-state index < -0.39 is 0 Å². The van der Waals surface area contributed by atoms with Crippen molar-refractivity contribution < 1.29 is 0 Å². The highest BCUT2D eigenvalue weighted by Gasteiger charge is 2.11. The van der Waals surface area contributed by atoms with Crippen LogP contribution in [-0.2, 0) is 6.42 Å². The van der Waals surface area contributed by atoms with Crippen molar-refractivity contribution in [1.29, 1.82) is 0 Å². The first-order chi connectivity index (χ1) is 8.69. The van der Waals surface area contributed by atoms with E-state index >= 15 is 0 Å². The van der Waals surface area contributed by atoms with Gasteiger partial charge in [-0.2, -0.15) is 0 Å². The molecule has 2 rings (SSSR count). The Morgan fingerprint density at radius 1 is 1.28 bits per heavy atom. The highest BCUT2D eigenvalue weighted by atomic mass is 15.3. The molecule has 2 aromatic rings. The average molecular weight is 243 g/mol. The van der Waals surface area contributed by atoms with Crippen LogP contribution in [0.25, 0.3) is 5.52 Å². The second-order valence-corrected chi connectivity index (χ2v) is 4.53. The van der Waals surface area contributed by atoms with Crippen molar-refractivity contribution in [2.75, 3.05) is 5.32 Å². The maximum absolute atomic E-state index is 4.67. The molecule has 0 aliphatic heterocycles. The Morgan fingerprint density at radius 3 is 2.72 bits per heavy atom. The molecule has 0 unspecified atom stereocenters. The standard InChI is InChI=1S/C15H21N3/c1-5-7-10-16-15-13(6-2)14-9-8-11(3)12(4)18(14)17-15/h7-10H,5-6H2,1-4H3,(H,16,17)/b10-7-. The van der Waals surface area contributed by atoms with Crippen molar-refractivity contribution in [1.82, 2.24) is 9.61 Å². The maximum atomic E-state index is 4.67. The molecule has 0 atom stereocenters. The highest BCUT2D eigenvalue weighted by molar-refractivity contribution is 5.67. The van der Waals surface area contributed by atoms with Crippen LogP contribution >= 0.6 is 0 Å². The SMILES string of the molecule is CC/C=C\Nc1nn2c(C)c(C)ccc2c1CC. The number of hydrogen-bond donors (Lipinski definition) is 1. The number of fused-ring (bicyclic) bond motifs is 1. The summed E-state index contributed by atoms with van der Waals surface area (Å²) in [5.41, 5.74) is 4.95. The van der Waals surface area contributed by atoms with E-state index in [1.54, 1.807) is 0 Å². The van der Waals surface area contributed by atoms with Gasteiger partial charge in [0.25, 0.3) is 0 Å². The lowest BCUT2D eigenvalue weighted by Crippen LogP contribution is -1.96. The van der Waals surface area contributed by atoms with E-state index in [0.717, 1.165) is 18.7 Å². The van der Waals surface area contributed by atoms with Crippen LogP contribution in [0.15, 0.2) is 24.4 Å². The van der Waals surface area contributed by atoms with Gasteiger partial charge in [0.2, 0.25) is 0 Å². The quantitative estimate of drug-likeness (QED) is 0.883. The van der Waals surface area contributed by atoms with Crippen molar-refractivity contribution >= 4 is 11.3 Å². The van der Waals surface area contributed by atoms with Gasteiger partial charge in [-0.05, 0) is 44.5 Å². The lowest BCUT2D eigenvalue weighted by Gasteiger charge is -2.02. The van der Waals surface area contributed by atoms with Gasteiger partial charge >= 0.3 is 0 Å². The van der Waals surface area contributed by atoms with Crippen molar-refractivity contribution in [3.05, 3.63) is 41.2 Å². The summed E-state index contributed by atoms with van der Waals surface area (Å²) in [6.07, 6.45) is 6.08. The molecule has 18 heavy (non-hydrogen) atoms. The van der Waals surface area contributed by atoms with Crippen molar-refractivity contribution in [3.63, 3.8) is 0 Å². The van der Waals surface area contributed by atoms with Crippen LogP contribution in [0.4, 0.5) is 5.82 Å². The zero-order chi connectivity index (χ0) is 13.1. The highest BCUT2D eigenvalue weighted by Crippen LogP contribution is 2.23. The number of hydrogen-bond acceptors (Lipinski definition) is 2. The van der Waals surface area contributed by atoms with Crippen molar-refractivity contribution in [2.45, 2.75) is 40.5 Å². The Kier molecular flexibility index (Phi) is 3.70. The van der Waals surface area contributed by atoms with Crippen LogP contribution in [0.5, 0.6) is 0 Å². The maximum Gasteiger partial charge on any atom is 0.156 e. The summed E-state index contributed by atoms with van der Waals surface area (Å²) in [4.78, 5) is 0. The molecule has 96 valence electrons. The van der Waals surface area contributed by atoms with Crippen LogP contribution in [0.2, 0.25) is 0 Å². The number of rotatable bonds is 4. The van der Waals surface area contributed by atoms with Crippen LogP contribution in [0.3, 0.4) is 0 Å². The van der Waals surface area contributed by atoms with Gasteiger partial charge in [-0.1, -0.05) is 26.0 Å². The summed E-state index contributed by atoms with van der Waals surface area (Å²) in [6.45, 7) is 8.52. The molecule has 0 fully saturated rings. The molecule has 0 aliphatic rings. The third kappa shape index (κ3) is 2.13. The Balaban J connectivity index is 2.53. The summed E-state index contributed by atoms with van der Waals surface area (Å²) < 4.78 is 2.04. The summed E-state index contributed by atoms with van der Waals surface area (Å²) in [6, 6.07) is 4.32. The summed E-state index contributed by atoms with van der Waals surface area (Å²) in [5.74, 6) is 0.968. The van der Waals surface area contributed by atoms with Gasteiger partial charge in [0.1, 0.15) is 0 Å². The smallest absolute Gasteiger partial charge is 0.156 e. The molecule has 0 aromatic carbocycles. The number of aromatic nitrogens is 2. The minimum Gasteiger partial charge on any atom is -0.345 e. The zero-order valence-electron chi connectivity index (χ0n) is 11.6. The Morgan fingerprint density at radius 2 is 2.06 bits per heavy atom. The van der Waals surface area contributed by atoms with E-state index in [2.05, 4.69) is 56.3 Å². The molecule has 2 heterocycles. The summed E-state index contributed by atoms with van der Waals surface area (Å²) >= 11 is 0. The third-order valence-electron chi connectivity index (χ3n) is 3.33. The van der Waals surface area contributed by atoms with Gasteiger partial charge in [0.15, 0.2) is 5.82 Å². The van der Waals surface area contributed by atoms with Crippen molar-refractivity contribution in [2.24, 2.45) is 0 Å². The molecular formula is C15H21N3. The molecule has 2 aromatic heterocycles. The van der Waals surface area contributed by atoms with E-state index in [1.807, 2.05) is 10.7 Å². The second kappa shape index (κ2) is 5.25. The van der Waals surface area contributed by atoms with E-state index in [0.29, 0.717) is 0 Å². The molecule has 0 radical (unpaired) electrons. The summed E-state index contributed by atoms with van der Waals surface area (Å²) in [5, 5.41) is 7.96. The molecule has 3 heteroatoms. The fourth-order valence-electron chi connectivity index (χ4n) is 2.10. The molecule has 3 nitrogen and oxygen atoms in total. The molecule has 0 saturated heterocycles. The largest absolute Gasteiger partial charge is 0.345 e. The number of nitrogens with one attached hydrogen (secondary N) is 1. The predicted molar refractivity (Wildman–Crippen MR) is 77.1 cm³/mol. The minimum absolute atomic E-state index is 0.968. The first-order valence-corrected chi connectivity index (χ1v) is 6.58. The fraction of sp³-hybridized carbons (Fsp3) is 0.400. The molecule has 1 N–H and O–H groups in total.